The van der Waals surface area contributed by atoms with E-state index < -0.39 is 10.0 Å². The van der Waals surface area contributed by atoms with Crippen molar-refractivity contribution in [1.82, 2.24) is 9.13 Å². The number of aromatic nitrogens is 2. The molecule has 0 spiro atoms. The second-order valence-electron chi connectivity index (χ2n) is 26.8. The van der Waals surface area contributed by atoms with E-state index in [2.05, 4.69) is 348 Å². The smallest absolute Gasteiger partial charge is 0.252 e. The van der Waals surface area contributed by atoms with E-state index in [0.29, 0.717) is 0 Å². The molecule has 0 saturated carbocycles. The highest BCUT2D eigenvalue weighted by atomic mass is 32.3. The summed E-state index contributed by atoms with van der Waals surface area (Å²) in [6.45, 7) is 13.9. The SMILES string of the molecule is CC(C)(C)c1ccc2c(c1)c1cc(-c3ccccc3-c3ccccc3)cc3c1n2-c1cc(-c2cccc(S(c4ccccc4)(c4ccccc4)c4ccccc4)c2)cc2c1B3c1cc(-c3ccccc3-c3ccccc3)cc3c4cc(C(C)(C)C)ccc4n-2c13. The molecular weight excluding hydrogens is 1100 g/mol. The lowest BCUT2D eigenvalue weighted by Crippen LogP contribution is -2.59. The first-order valence-electron chi connectivity index (χ1n) is 31.7. The predicted octanol–water partition coefficient (Wildman–Crippen LogP) is 21.3. The summed E-state index contributed by atoms with van der Waals surface area (Å²) in [5, 5.41) is 5.09. The van der Waals surface area contributed by atoms with Crippen LogP contribution in [0.4, 0.5) is 0 Å². The van der Waals surface area contributed by atoms with Gasteiger partial charge >= 0.3 is 0 Å². The minimum Gasteiger partial charge on any atom is -0.310 e. The molecule has 0 radical (unpaired) electrons. The molecule has 0 unspecified atom stereocenters. The fourth-order valence-electron chi connectivity index (χ4n) is 15.2. The Kier molecular flexibility index (Phi) is 12.3. The van der Waals surface area contributed by atoms with Crippen LogP contribution in [0.1, 0.15) is 52.7 Å². The van der Waals surface area contributed by atoms with E-state index >= 15 is 0 Å². The lowest BCUT2D eigenvalue weighted by atomic mass is 9.34. The molecular formula is C86H67BN2S. The largest absolute Gasteiger partial charge is 0.310 e. The summed E-state index contributed by atoms with van der Waals surface area (Å²) in [4.78, 5) is 5.21. The van der Waals surface area contributed by atoms with Gasteiger partial charge in [-0.05, 0) is 191 Å². The molecule has 0 amide bonds. The Labute approximate surface area is 529 Å². The average molecular weight is 1170 g/mol. The summed E-state index contributed by atoms with van der Waals surface area (Å²) >= 11 is 0. The van der Waals surface area contributed by atoms with Crippen LogP contribution in [0, 0.1) is 0 Å². The summed E-state index contributed by atoms with van der Waals surface area (Å²) < 4.78 is 5.35. The molecule has 4 heterocycles. The van der Waals surface area contributed by atoms with Crippen LogP contribution in [0.2, 0.25) is 0 Å². The fourth-order valence-corrected chi connectivity index (χ4v) is 19.2. The molecule has 0 atom stereocenters. The van der Waals surface area contributed by atoms with Crippen molar-refractivity contribution >= 4 is 76.7 Å². The zero-order valence-corrected chi connectivity index (χ0v) is 52.5. The monoisotopic (exact) mass is 1170 g/mol. The van der Waals surface area contributed by atoms with Crippen molar-refractivity contribution in [3.8, 4) is 67.0 Å². The molecule has 17 rings (SSSR count). The third-order valence-electron chi connectivity index (χ3n) is 19.5. The van der Waals surface area contributed by atoms with Gasteiger partial charge in [0, 0.05) is 63.5 Å². The van der Waals surface area contributed by atoms with Crippen molar-refractivity contribution in [3.63, 3.8) is 0 Å². The van der Waals surface area contributed by atoms with Gasteiger partial charge in [-0.15, -0.1) is 10.0 Å². The molecule has 0 aliphatic carbocycles. The van der Waals surface area contributed by atoms with Gasteiger partial charge in [-0.3, -0.25) is 0 Å². The van der Waals surface area contributed by atoms with Crippen molar-refractivity contribution in [3.05, 3.63) is 308 Å². The molecule has 2 aliphatic heterocycles. The Balaban J connectivity index is 1.03. The average Bonchev–Trinajstić information content (AvgIpc) is 1.43. The molecule has 0 fully saturated rings. The summed E-state index contributed by atoms with van der Waals surface area (Å²) in [7, 11) is -2.00. The first kappa shape index (κ1) is 54.1. The molecule has 0 saturated heterocycles. The Bertz CT molecular complexity index is 5010. The van der Waals surface area contributed by atoms with Gasteiger partial charge in [-0.2, -0.15) is 0 Å². The van der Waals surface area contributed by atoms with Gasteiger partial charge in [0.1, 0.15) is 0 Å². The number of benzene rings is 13. The summed E-state index contributed by atoms with van der Waals surface area (Å²) in [5.74, 6) is 0. The van der Waals surface area contributed by atoms with Crippen LogP contribution >= 0.6 is 10.0 Å². The van der Waals surface area contributed by atoms with E-state index in [9.17, 15) is 0 Å². The van der Waals surface area contributed by atoms with E-state index in [1.165, 1.54) is 158 Å². The molecule has 0 N–H and O–H groups in total. The normalized spacial score (nSPS) is 12.9. The second kappa shape index (κ2) is 20.5. The predicted molar refractivity (Wildman–Crippen MR) is 384 cm³/mol. The summed E-state index contributed by atoms with van der Waals surface area (Å²) in [5.41, 5.74) is 26.0. The van der Waals surface area contributed by atoms with Crippen LogP contribution in [-0.2, 0) is 10.8 Å². The first-order chi connectivity index (χ1) is 43.9. The number of hydrogen-bond acceptors (Lipinski definition) is 0. The van der Waals surface area contributed by atoms with Crippen molar-refractivity contribution in [2.45, 2.75) is 72.0 Å². The van der Waals surface area contributed by atoms with Crippen LogP contribution in [0.25, 0.3) is 111 Å². The highest BCUT2D eigenvalue weighted by Crippen LogP contribution is 2.73. The molecule has 430 valence electrons. The van der Waals surface area contributed by atoms with Crippen molar-refractivity contribution in [2.24, 2.45) is 0 Å². The lowest BCUT2D eigenvalue weighted by Gasteiger charge is -2.42. The maximum Gasteiger partial charge on any atom is 0.252 e. The summed E-state index contributed by atoms with van der Waals surface area (Å²) in [6.07, 6.45) is 0. The summed E-state index contributed by atoms with van der Waals surface area (Å²) in [6, 6.07) is 113. The molecule has 15 aromatic rings. The topological polar surface area (TPSA) is 9.86 Å². The Morgan fingerprint density at radius 2 is 0.633 bits per heavy atom. The Morgan fingerprint density at radius 1 is 0.278 bits per heavy atom. The second-order valence-corrected chi connectivity index (χ2v) is 29.9. The molecule has 0 bridgehead atoms. The minimum absolute atomic E-state index is 0.0755. The number of nitrogens with zero attached hydrogens (tertiary/aromatic N) is 2. The van der Waals surface area contributed by atoms with Gasteiger partial charge in [-0.1, -0.05) is 242 Å². The van der Waals surface area contributed by atoms with Gasteiger partial charge in [0.15, 0.2) is 0 Å². The van der Waals surface area contributed by atoms with Gasteiger partial charge in [0.05, 0.1) is 11.0 Å². The molecule has 2 aromatic heterocycles. The van der Waals surface area contributed by atoms with Crippen molar-refractivity contribution in [1.29, 1.82) is 0 Å². The Hall–Kier alpha value is -10.1. The molecule has 4 heteroatoms. The van der Waals surface area contributed by atoms with E-state index in [1.54, 1.807) is 0 Å². The van der Waals surface area contributed by atoms with Gasteiger partial charge < -0.3 is 9.13 Å². The molecule has 2 aliphatic rings. The number of hydrogen-bond donors (Lipinski definition) is 0. The van der Waals surface area contributed by atoms with E-state index in [4.69, 9.17) is 0 Å². The van der Waals surface area contributed by atoms with Gasteiger partial charge in [0.2, 0.25) is 0 Å². The van der Waals surface area contributed by atoms with Crippen LogP contribution in [-0.4, -0.2) is 15.8 Å². The zero-order valence-electron chi connectivity index (χ0n) is 51.7. The van der Waals surface area contributed by atoms with Crippen LogP contribution in [0.15, 0.2) is 317 Å². The minimum atomic E-state index is -2.00. The Morgan fingerprint density at radius 3 is 1.03 bits per heavy atom. The van der Waals surface area contributed by atoms with E-state index in [0.717, 1.165) is 0 Å². The number of rotatable bonds is 9. The molecule has 13 aromatic carbocycles. The lowest BCUT2D eigenvalue weighted by molar-refractivity contribution is 0.591. The van der Waals surface area contributed by atoms with Crippen molar-refractivity contribution < 1.29 is 0 Å². The highest BCUT2D eigenvalue weighted by molar-refractivity contribution is 8.34. The molecule has 90 heavy (non-hydrogen) atoms. The maximum absolute atomic E-state index is 2.68. The number of fused-ring (bicyclic) bond motifs is 10. The van der Waals surface area contributed by atoms with Gasteiger partial charge in [-0.25, -0.2) is 0 Å². The first-order valence-corrected chi connectivity index (χ1v) is 33.4. The molecule has 2 nitrogen and oxygen atoms in total. The van der Waals surface area contributed by atoms with Crippen LogP contribution < -0.4 is 16.4 Å². The van der Waals surface area contributed by atoms with Crippen molar-refractivity contribution in [2.75, 3.05) is 0 Å². The fraction of sp³-hybridized carbons (Fsp3) is 0.0930. The van der Waals surface area contributed by atoms with E-state index in [1.807, 2.05) is 0 Å². The highest BCUT2D eigenvalue weighted by Gasteiger charge is 2.43. The van der Waals surface area contributed by atoms with Crippen LogP contribution in [0.3, 0.4) is 0 Å². The maximum atomic E-state index is 2.68. The quantitative estimate of drug-likeness (QED) is 0.128. The van der Waals surface area contributed by atoms with Crippen LogP contribution in [0.5, 0.6) is 0 Å². The third kappa shape index (κ3) is 8.27. The third-order valence-corrected chi connectivity index (χ3v) is 23.4. The van der Waals surface area contributed by atoms with Gasteiger partial charge in [0.25, 0.3) is 6.71 Å². The van der Waals surface area contributed by atoms with E-state index in [-0.39, 0.29) is 17.5 Å². The zero-order chi connectivity index (χ0) is 60.6. The standard InChI is InChI=1S/C86H67BN2S/c1-85(2,3)62-43-45-78-72(54-62)74-48-60(70-41-24-22-39-68(70)56-27-12-7-13-28-56)50-76-83(74)88(78)80-52-59(58-31-26-38-67(47-58)90(64-32-16-9-17-33-64,65-34-18-10-19-35-65)66-36-20-11-21-37-66)53-81-82(80)87(76)77-51-61(71-42-25-23-40-69(71)57-29-14-8-15-30-57)49-75-73-55-63(86(4,5)6)44-46-79(73)89(81)84(75)77/h7-55H,1-6H3.